The second-order valence-corrected chi connectivity index (χ2v) is 6.60. The number of aryl methyl sites for hydroxylation is 1. The lowest BCUT2D eigenvalue weighted by Crippen LogP contribution is -2.46. The fourth-order valence-electron chi connectivity index (χ4n) is 2.36. The molecule has 5 nitrogen and oxygen atoms in total. The van der Waals surface area contributed by atoms with E-state index in [0.29, 0.717) is 0 Å². The standard InChI is InChI=1S/C20H22FNO4/c1-13-4-6-14(7-5-13)20(2,3)19(25)22-12-17(18(23)24)26-16-10-8-15(21)9-11-16/h4-11,17H,12H2,1-3H3,(H,22,25)(H,23,24). The molecule has 0 aliphatic heterocycles. The number of carboxylic acids is 1. The highest BCUT2D eigenvalue weighted by atomic mass is 19.1. The van der Waals surface area contributed by atoms with Gasteiger partial charge in [-0.05, 0) is 50.6 Å². The number of nitrogens with one attached hydrogen (secondary N) is 1. The molecule has 1 unspecified atom stereocenters. The van der Waals surface area contributed by atoms with E-state index in [4.69, 9.17) is 4.74 Å². The Bertz CT molecular complexity index is 769. The first-order valence-corrected chi connectivity index (χ1v) is 8.20. The third kappa shape index (κ3) is 4.81. The second-order valence-electron chi connectivity index (χ2n) is 6.60. The summed E-state index contributed by atoms with van der Waals surface area (Å²) in [7, 11) is 0. The Kier molecular flexibility index (Phi) is 5.97. The molecule has 0 aliphatic carbocycles. The third-order valence-electron chi connectivity index (χ3n) is 4.16. The van der Waals surface area contributed by atoms with Gasteiger partial charge in [-0.25, -0.2) is 9.18 Å². The smallest absolute Gasteiger partial charge is 0.346 e. The van der Waals surface area contributed by atoms with Crippen LogP contribution in [0.1, 0.15) is 25.0 Å². The van der Waals surface area contributed by atoms with Gasteiger partial charge in [0.25, 0.3) is 0 Å². The molecule has 26 heavy (non-hydrogen) atoms. The summed E-state index contributed by atoms with van der Waals surface area (Å²) in [4.78, 5) is 24.0. The number of hydrogen-bond acceptors (Lipinski definition) is 3. The Hall–Kier alpha value is -2.89. The summed E-state index contributed by atoms with van der Waals surface area (Å²) in [6.45, 7) is 5.29. The van der Waals surface area contributed by atoms with E-state index in [0.717, 1.165) is 11.1 Å². The fourth-order valence-corrected chi connectivity index (χ4v) is 2.36. The number of carbonyl (C=O) groups is 2. The first-order valence-electron chi connectivity index (χ1n) is 8.20. The average Bonchev–Trinajstić information content (AvgIpc) is 2.60. The molecule has 0 radical (unpaired) electrons. The van der Waals surface area contributed by atoms with Crippen LogP contribution in [0.15, 0.2) is 48.5 Å². The van der Waals surface area contributed by atoms with E-state index in [9.17, 15) is 19.1 Å². The van der Waals surface area contributed by atoms with Crippen molar-refractivity contribution in [2.45, 2.75) is 32.3 Å². The Labute approximate surface area is 151 Å². The minimum absolute atomic E-state index is 0.208. The molecule has 0 saturated heterocycles. The topological polar surface area (TPSA) is 75.6 Å². The molecule has 1 amide bonds. The van der Waals surface area contributed by atoms with Crippen molar-refractivity contribution in [2.24, 2.45) is 0 Å². The van der Waals surface area contributed by atoms with Crippen molar-refractivity contribution < 1.29 is 23.8 Å². The highest BCUT2D eigenvalue weighted by Gasteiger charge is 2.31. The number of amides is 1. The zero-order valence-corrected chi connectivity index (χ0v) is 15.0. The van der Waals surface area contributed by atoms with E-state index in [2.05, 4.69) is 5.32 Å². The lowest BCUT2D eigenvalue weighted by Gasteiger charge is -2.25. The maximum absolute atomic E-state index is 12.9. The number of ether oxygens (including phenoxy) is 1. The van der Waals surface area contributed by atoms with Crippen LogP contribution in [-0.2, 0) is 15.0 Å². The molecule has 2 aromatic rings. The van der Waals surface area contributed by atoms with Gasteiger partial charge in [-0.1, -0.05) is 29.8 Å². The van der Waals surface area contributed by atoms with Crippen molar-refractivity contribution in [3.05, 3.63) is 65.5 Å². The van der Waals surface area contributed by atoms with E-state index in [-0.39, 0.29) is 18.2 Å². The van der Waals surface area contributed by atoms with Crippen LogP contribution in [0.3, 0.4) is 0 Å². The highest BCUT2D eigenvalue weighted by molar-refractivity contribution is 5.87. The summed E-state index contributed by atoms with van der Waals surface area (Å²) in [6.07, 6.45) is -1.28. The molecule has 0 spiro atoms. The monoisotopic (exact) mass is 359 g/mol. The molecular weight excluding hydrogens is 337 g/mol. The van der Waals surface area contributed by atoms with Crippen molar-refractivity contribution >= 4 is 11.9 Å². The Balaban J connectivity index is 2.03. The molecule has 0 heterocycles. The van der Waals surface area contributed by atoms with Crippen LogP contribution in [0.2, 0.25) is 0 Å². The number of benzene rings is 2. The SMILES string of the molecule is Cc1ccc(C(C)(C)C(=O)NCC(Oc2ccc(F)cc2)C(=O)O)cc1. The molecule has 6 heteroatoms. The summed E-state index contributed by atoms with van der Waals surface area (Å²) < 4.78 is 18.3. The van der Waals surface area contributed by atoms with Gasteiger partial charge < -0.3 is 15.2 Å². The molecule has 2 rings (SSSR count). The zero-order valence-electron chi connectivity index (χ0n) is 15.0. The largest absolute Gasteiger partial charge is 0.478 e. The van der Waals surface area contributed by atoms with Crippen molar-refractivity contribution in [3.8, 4) is 5.75 Å². The Morgan fingerprint density at radius 1 is 1.12 bits per heavy atom. The first kappa shape index (κ1) is 19.4. The lowest BCUT2D eigenvalue weighted by atomic mass is 9.83. The molecule has 138 valence electrons. The van der Waals surface area contributed by atoms with E-state index < -0.39 is 23.3 Å². The van der Waals surface area contributed by atoms with Gasteiger partial charge in [0.15, 0.2) is 0 Å². The van der Waals surface area contributed by atoms with Crippen molar-refractivity contribution in [1.29, 1.82) is 0 Å². The minimum Gasteiger partial charge on any atom is -0.478 e. The Morgan fingerprint density at radius 3 is 2.23 bits per heavy atom. The van der Waals surface area contributed by atoms with Crippen LogP contribution >= 0.6 is 0 Å². The van der Waals surface area contributed by atoms with Crippen LogP contribution in [0.5, 0.6) is 5.75 Å². The van der Waals surface area contributed by atoms with Crippen molar-refractivity contribution in [1.82, 2.24) is 5.32 Å². The van der Waals surface area contributed by atoms with Crippen molar-refractivity contribution in [2.75, 3.05) is 6.54 Å². The molecule has 2 aromatic carbocycles. The van der Waals surface area contributed by atoms with Crippen LogP contribution in [0.4, 0.5) is 4.39 Å². The number of hydrogen-bond donors (Lipinski definition) is 2. The molecule has 1 atom stereocenters. The van der Waals surface area contributed by atoms with Crippen LogP contribution in [0.25, 0.3) is 0 Å². The zero-order chi connectivity index (χ0) is 19.3. The summed E-state index contributed by atoms with van der Waals surface area (Å²) in [5.74, 6) is -1.76. The molecular formula is C20H22FNO4. The number of halogens is 1. The summed E-state index contributed by atoms with van der Waals surface area (Å²) in [5, 5.41) is 11.9. The summed E-state index contributed by atoms with van der Waals surface area (Å²) in [6, 6.07) is 12.6. The van der Waals surface area contributed by atoms with Gasteiger partial charge in [-0.3, -0.25) is 4.79 Å². The minimum atomic E-state index is -1.28. The van der Waals surface area contributed by atoms with Gasteiger partial charge in [0.1, 0.15) is 11.6 Å². The normalized spacial score (nSPS) is 12.3. The predicted molar refractivity (Wildman–Crippen MR) is 95.7 cm³/mol. The average molecular weight is 359 g/mol. The summed E-state index contributed by atoms with van der Waals surface area (Å²) >= 11 is 0. The van der Waals surface area contributed by atoms with Crippen molar-refractivity contribution in [3.63, 3.8) is 0 Å². The first-order chi connectivity index (χ1) is 12.2. The quantitative estimate of drug-likeness (QED) is 0.797. The maximum atomic E-state index is 12.9. The van der Waals surface area contributed by atoms with Gasteiger partial charge in [0.05, 0.1) is 12.0 Å². The predicted octanol–water partition coefficient (Wildman–Crippen LogP) is 3.06. The Morgan fingerprint density at radius 2 is 1.69 bits per heavy atom. The van der Waals surface area contributed by atoms with Gasteiger partial charge in [0, 0.05) is 0 Å². The third-order valence-corrected chi connectivity index (χ3v) is 4.16. The summed E-state index contributed by atoms with van der Waals surface area (Å²) in [5.41, 5.74) is 1.09. The van der Waals surface area contributed by atoms with E-state index >= 15 is 0 Å². The van der Waals surface area contributed by atoms with Crippen LogP contribution in [0, 0.1) is 12.7 Å². The highest BCUT2D eigenvalue weighted by Crippen LogP contribution is 2.23. The molecule has 0 aliphatic rings. The number of aliphatic carboxylic acids is 1. The van der Waals surface area contributed by atoms with Gasteiger partial charge in [-0.2, -0.15) is 0 Å². The van der Waals surface area contributed by atoms with Gasteiger partial charge >= 0.3 is 5.97 Å². The lowest BCUT2D eigenvalue weighted by molar-refractivity contribution is -0.145. The fraction of sp³-hybridized carbons (Fsp3) is 0.300. The number of carboxylic acid groups (broad SMARTS) is 1. The number of rotatable bonds is 7. The second kappa shape index (κ2) is 7.99. The van der Waals surface area contributed by atoms with E-state index in [1.807, 2.05) is 31.2 Å². The number of carbonyl (C=O) groups excluding carboxylic acids is 1. The molecule has 2 N–H and O–H groups in total. The molecule has 0 aromatic heterocycles. The van der Waals surface area contributed by atoms with Gasteiger partial charge in [-0.15, -0.1) is 0 Å². The maximum Gasteiger partial charge on any atom is 0.346 e. The van der Waals surface area contributed by atoms with E-state index in [1.54, 1.807) is 13.8 Å². The van der Waals surface area contributed by atoms with E-state index in [1.165, 1.54) is 24.3 Å². The molecule has 0 bridgehead atoms. The molecule has 0 fully saturated rings. The van der Waals surface area contributed by atoms with Crippen LogP contribution in [-0.4, -0.2) is 29.6 Å². The van der Waals surface area contributed by atoms with Gasteiger partial charge in [0.2, 0.25) is 12.0 Å². The van der Waals surface area contributed by atoms with Crippen LogP contribution < -0.4 is 10.1 Å². The molecule has 0 saturated carbocycles.